The molecule has 0 aromatic heterocycles. The maximum absolute atomic E-state index is 12.2. The highest BCUT2D eigenvalue weighted by molar-refractivity contribution is 6.37. The third-order valence-electron chi connectivity index (χ3n) is 3.20. The van der Waals surface area contributed by atoms with Crippen LogP contribution in [0.15, 0.2) is 23.2 Å². The van der Waals surface area contributed by atoms with Crippen molar-refractivity contribution in [3.05, 3.63) is 33.3 Å². The summed E-state index contributed by atoms with van der Waals surface area (Å²) in [6, 6.07) is 2.63. The number of ether oxygens (including phenoxy) is 2. The van der Waals surface area contributed by atoms with E-state index in [9.17, 15) is 18.3 Å². The van der Waals surface area contributed by atoms with Crippen molar-refractivity contribution in [3.63, 3.8) is 0 Å². The summed E-state index contributed by atoms with van der Waals surface area (Å²) in [5.74, 6) is 0.199. The number of phenols is 1. The molecule has 0 heterocycles. The van der Waals surface area contributed by atoms with Crippen molar-refractivity contribution >= 4 is 34.8 Å². The molecule has 0 amide bonds. The third kappa shape index (κ3) is 7.94. The molecule has 0 saturated heterocycles. The molecule has 2 unspecified atom stereocenters. The Labute approximate surface area is 159 Å². The van der Waals surface area contributed by atoms with Crippen LogP contribution in [0.4, 0.5) is 13.2 Å². The van der Waals surface area contributed by atoms with Crippen LogP contribution in [-0.2, 0) is 4.74 Å². The van der Waals surface area contributed by atoms with Crippen LogP contribution in [0.3, 0.4) is 0 Å². The number of halogens is 6. The smallest absolute Gasteiger partial charge is 0.426 e. The Balaban J connectivity index is 2.43. The van der Waals surface area contributed by atoms with Crippen molar-refractivity contribution < 1.29 is 27.8 Å². The number of allylic oxidation sites excluding steroid dienone is 1. The quantitative estimate of drug-likeness (QED) is 0.532. The van der Waals surface area contributed by atoms with Crippen LogP contribution in [0, 0.1) is 0 Å². The fourth-order valence-electron chi connectivity index (χ4n) is 1.87. The van der Waals surface area contributed by atoms with Crippen LogP contribution >= 0.6 is 34.8 Å². The standard InChI is InChI=1S/C16H18Cl3F3O3/c1-9(24-6-5-14(19)16(20,21)22)3-4-10(2)25-15-12(17)7-11(23)8-13(15)18/h5,7-10,23H,3-4,6H2,1-2H3/b14-5-. The van der Waals surface area contributed by atoms with Gasteiger partial charge in [-0.1, -0.05) is 34.8 Å². The van der Waals surface area contributed by atoms with Crippen LogP contribution in [0.5, 0.6) is 11.5 Å². The molecule has 25 heavy (non-hydrogen) atoms. The Morgan fingerprint density at radius 3 is 2.20 bits per heavy atom. The van der Waals surface area contributed by atoms with Gasteiger partial charge >= 0.3 is 6.18 Å². The summed E-state index contributed by atoms with van der Waals surface area (Å²) in [5.41, 5.74) is 0. The summed E-state index contributed by atoms with van der Waals surface area (Å²) in [6.07, 6.45) is -3.21. The van der Waals surface area contributed by atoms with Gasteiger partial charge in [-0.25, -0.2) is 0 Å². The maximum Gasteiger partial charge on any atom is 0.426 e. The first-order chi connectivity index (χ1) is 11.5. The predicted molar refractivity (Wildman–Crippen MR) is 92.9 cm³/mol. The topological polar surface area (TPSA) is 38.7 Å². The lowest BCUT2D eigenvalue weighted by Crippen LogP contribution is -2.17. The fraction of sp³-hybridized carbons (Fsp3) is 0.500. The second-order valence-corrected chi connectivity index (χ2v) is 6.66. The van der Waals surface area contributed by atoms with Gasteiger partial charge in [-0.2, -0.15) is 13.2 Å². The summed E-state index contributed by atoms with van der Waals surface area (Å²) in [4.78, 5) is 0. The SMILES string of the molecule is CC(CCC(C)Oc1c(Cl)cc(O)cc1Cl)OC/C=C(\Cl)C(F)(F)F. The summed E-state index contributed by atoms with van der Waals surface area (Å²) in [6.45, 7) is 3.31. The molecule has 0 radical (unpaired) electrons. The summed E-state index contributed by atoms with van der Waals surface area (Å²) in [7, 11) is 0. The number of rotatable bonds is 8. The minimum absolute atomic E-state index is 0.0670. The van der Waals surface area contributed by atoms with E-state index in [0.29, 0.717) is 12.8 Å². The first kappa shape index (κ1) is 22.2. The molecular formula is C16H18Cl3F3O3. The largest absolute Gasteiger partial charge is 0.508 e. The van der Waals surface area contributed by atoms with E-state index in [1.807, 2.05) is 0 Å². The zero-order chi connectivity index (χ0) is 19.2. The van der Waals surface area contributed by atoms with Gasteiger partial charge in [0, 0.05) is 12.1 Å². The van der Waals surface area contributed by atoms with Crippen molar-refractivity contribution in [2.24, 2.45) is 0 Å². The van der Waals surface area contributed by atoms with Gasteiger partial charge in [0.15, 0.2) is 5.75 Å². The lowest BCUT2D eigenvalue weighted by atomic mass is 10.1. The number of hydrogen-bond donors (Lipinski definition) is 1. The van der Waals surface area contributed by atoms with Crippen LogP contribution < -0.4 is 4.74 Å². The molecule has 0 spiro atoms. The van der Waals surface area contributed by atoms with Crippen molar-refractivity contribution in [1.82, 2.24) is 0 Å². The van der Waals surface area contributed by atoms with E-state index < -0.39 is 11.2 Å². The third-order valence-corrected chi connectivity index (χ3v) is 4.13. The molecule has 1 N–H and O–H groups in total. The second kappa shape index (κ2) is 9.76. The Bertz CT molecular complexity index is 583. The van der Waals surface area contributed by atoms with Gasteiger partial charge in [0.05, 0.1) is 28.9 Å². The molecule has 0 aliphatic heterocycles. The summed E-state index contributed by atoms with van der Waals surface area (Å²) < 4.78 is 47.6. The highest BCUT2D eigenvalue weighted by atomic mass is 35.5. The molecule has 9 heteroatoms. The molecule has 1 aromatic carbocycles. The predicted octanol–water partition coefficient (Wildman–Crippen LogP) is 6.34. The Hall–Kier alpha value is -0.820. The molecule has 0 saturated carbocycles. The average Bonchev–Trinajstić information content (AvgIpc) is 2.47. The number of aromatic hydroxyl groups is 1. The van der Waals surface area contributed by atoms with Gasteiger partial charge in [0.1, 0.15) is 10.8 Å². The van der Waals surface area contributed by atoms with Crippen molar-refractivity contribution in [1.29, 1.82) is 0 Å². The van der Waals surface area contributed by atoms with Crippen molar-refractivity contribution in [2.45, 2.75) is 45.1 Å². The molecule has 3 nitrogen and oxygen atoms in total. The molecule has 0 bridgehead atoms. The molecule has 0 aliphatic rings. The molecule has 0 aliphatic carbocycles. The molecule has 2 atom stereocenters. The van der Waals surface area contributed by atoms with E-state index in [2.05, 4.69) is 0 Å². The van der Waals surface area contributed by atoms with Crippen LogP contribution in [0.25, 0.3) is 0 Å². The number of benzene rings is 1. The normalized spacial score (nSPS) is 15.1. The first-order valence-corrected chi connectivity index (χ1v) is 8.53. The summed E-state index contributed by atoms with van der Waals surface area (Å²) >= 11 is 17.0. The molecule has 142 valence electrons. The van der Waals surface area contributed by atoms with Gasteiger partial charge in [-0.05, 0) is 32.8 Å². The van der Waals surface area contributed by atoms with E-state index in [1.165, 1.54) is 12.1 Å². The van der Waals surface area contributed by atoms with Crippen molar-refractivity contribution in [2.75, 3.05) is 6.61 Å². The lowest BCUT2D eigenvalue weighted by molar-refractivity contribution is -0.0852. The minimum atomic E-state index is -4.56. The molecule has 1 aromatic rings. The fourth-order valence-corrected chi connectivity index (χ4v) is 2.50. The highest BCUT2D eigenvalue weighted by Crippen LogP contribution is 2.37. The molecule has 0 fully saturated rings. The molecular weight excluding hydrogens is 404 g/mol. The van der Waals surface area contributed by atoms with E-state index in [1.54, 1.807) is 13.8 Å². The lowest BCUT2D eigenvalue weighted by Gasteiger charge is -2.19. The number of phenolic OH excluding ortho intramolecular Hbond substituents is 1. The van der Waals surface area contributed by atoms with E-state index in [0.717, 1.165) is 6.08 Å². The second-order valence-electron chi connectivity index (χ2n) is 5.44. The summed E-state index contributed by atoms with van der Waals surface area (Å²) in [5, 5.41) is 8.55. The minimum Gasteiger partial charge on any atom is -0.508 e. The van der Waals surface area contributed by atoms with Crippen LogP contribution in [0.1, 0.15) is 26.7 Å². The van der Waals surface area contributed by atoms with Gasteiger partial charge < -0.3 is 14.6 Å². The van der Waals surface area contributed by atoms with Gasteiger partial charge in [-0.3, -0.25) is 0 Å². The van der Waals surface area contributed by atoms with E-state index >= 15 is 0 Å². The van der Waals surface area contributed by atoms with Gasteiger partial charge in [0.2, 0.25) is 0 Å². The van der Waals surface area contributed by atoms with Gasteiger partial charge in [-0.15, -0.1) is 0 Å². The van der Waals surface area contributed by atoms with E-state index in [-0.39, 0.29) is 40.4 Å². The number of alkyl halides is 3. The maximum atomic E-state index is 12.2. The number of hydrogen-bond acceptors (Lipinski definition) is 3. The highest BCUT2D eigenvalue weighted by Gasteiger charge is 2.31. The van der Waals surface area contributed by atoms with Gasteiger partial charge in [0.25, 0.3) is 0 Å². The van der Waals surface area contributed by atoms with Crippen LogP contribution in [0.2, 0.25) is 10.0 Å². The Kier molecular flexibility index (Phi) is 8.68. The van der Waals surface area contributed by atoms with Crippen LogP contribution in [-0.4, -0.2) is 30.1 Å². The average molecular weight is 422 g/mol. The Morgan fingerprint density at radius 1 is 1.16 bits per heavy atom. The zero-order valence-electron chi connectivity index (χ0n) is 13.5. The monoisotopic (exact) mass is 420 g/mol. The molecule has 1 rings (SSSR count). The zero-order valence-corrected chi connectivity index (χ0v) is 15.8. The van der Waals surface area contributed by atoms with Crippen molar-refractivity contribution in [3.8, 4) is 11.5 Å². The first-order valence-electron chi connectivity index (χ1n) is 7.39. The Morgan fingerprint density at radius 2 is 1.68 bits per heavy atom. The van der Waals surface area contributed by atoms with E-state index in [4.69, 9.17) is 44.3 Å².